The van der Waals surface area contributed by atoms with E-state index in [2.05, 4.69) is 9.50 Å². The van der Waals surface area contributed by atoms with E-state index in [1.54, 1.807) is 26.0 Å². The predicted octanol–water partition coefficient (Wildman–Crippen LogP) is 4.39. The van der Waals surface area contributed by atoms with Crippen LogP contribution in [-0.2, 0) is 17.2 Å². The largest absolute Gasteiger partial charge is 0.419 e. The number of hydrogen-bond donors (Lipinski definition) is 0. The van der Waals surface area contributed by atoms with Crippen molar-refractivity contribution in [2.45, 2.75) is 45.5 Å². The Morgan fingerprint density at radius 1 is 1.16 bits per heavy atom. The SMILES string of the molecule is Cc1cc(C=N[S@@](=O)C(C)(C)C)cc(C)c1-n1cc(C(F)(F)F)cn1. The third kappa shape index (κ3) is 4.56. The molecular formula is C17H20F3N3OS. The molecule has 0 fully saturated rings. The van der Waals surface area contributed by atoms with Crippen LogP contribution in [0.5, 0.6) is 0 Å². The number of nitrogens with zero attached hydrogens (tertiary/aromatic N) is 3. The lowest BCUT2D eigenvalue weighted by atomic mass is 10.0. The van der Waals surface area contributed by atoms with Crippen LogP contribution in [0.15, 0.2) is 28.9 Å². The Bertz CT molecular complexity index is 809. The van der Waals surface area contributed by atoms with E-state index in [4.69, 9.17) is 0 Å². The molecule has 0 bridgehead atoms. The number of rotatable bonds is 3. The third-order valence-electron chi connectivity index (χ3n) is 3.47. The maximum absolute atomic E-state index is 12.8. The Kier molecular flexibility index (Phi) is 5.22. The summed E-state index contributed by atoms with van der Waals surface area (Å²) in [6, 6.07) is 3.56. The quantitative estimate of drug-likeness (QED) is 0.752. The van der Waals surface area contributed by atoms with Gasteiger partial charge in [-0.25, -0.2) is 8.89 Å². The van der Waals surface area contributed by atoms with Crippen molar-refractivity contribution < 1.29 is 17.4 Å². The molecule has 1 aromatic heterocycles. The number of alkyl halides is 3. The summed E-state index contributed by atoms with van der Waals surface area (Å²) in [5, 5.41) is 3.83. The van der Waals surface area contributed by atoms with Crippen LogP contribution in [-0.4, -0.2) is 25.0 Å². The molecule has 1 aromatic carbocycles. The first-order valence-corrected chi connectivity index (χ1v) is 8.70. The summed E-state index contributed by atoms with van der Waals surface area (Å²) in [4.78, 5) is 0. The maximum Gasteiger partial charge on any atom is 0.419 e. The molecule has 0 saturated heterocycles. The molecule has 8 heteroatoms. The summed E-state index contributed by atoms with van der Waals surface area (Å²) in [6.45, 7) is 9.06. The first-order valence-electron chi connectivity index (χ1n) is 7.59. The second-order valence-electron chi connectivity index (χ2n) is 6.77. The van der Waals surface area contributed by atoms with Gasteiger partial charge in [0.2, 0.25) is 0 Å². The molecule has 0 amide bonds. The lowest BCUT2D eigenvalue weighted by Gasteiger charge is -2.13. The Balaban J connectivity index is 2.37. The number of aryl methyl sites for hydroxylation is 2. The highest BCUT2D eigenvalue weighted by Crippen LogP contribution is 2.30. The molecule has 2 rings (SSSR count). The minimum Gasteiger partial charge on any atom is -0.240 e. The monoisotopic (exact) mass is 371 g/mol. The number of hydrogen-bond acceptors (Lipinski definition) is 2. The highest BCUT2D eigenvalue weighted by molar-refractivity contribution is 7.85. The molecule has 0 spiro atoms. The third-order valence-corrected chi connectivity index (χ3v) is 4.82. The molecule has 1 atom stereocenters. The Labute approximate surface area is 147 Å². The van der Waals surface area contributed by atoms with Crippen molar-refractivity contribution in [2.24, 2.45) is 4.40 Å². The summed E-state index contributed by atoms with van der Waals surface area (Å²) < 4.78 is 55.1. The van der Waals surface area contributed by atoms with Crippen LogP contribution in [0.1, 0.15) is 43.0 Å². The highest BCUT2D eigenvalue weighted by Gasteiger charge is 2.32. The summed E-state index contributed by atoms with van der Waals surface area (Å²) >= 11 is 0. The molecule has 0 aliphatic heterocycles. The minimum atomic E-state index is -4.43. The van der Waals surface area contributed by atoms with Crippen LogP contribution in [0.3, 0.4) is 0 Å². The molecule has 0 unspecified atom stereocenters. The van der Waals surface area contributed by atoms with Crippen molar-refractivity contribution in [3.8, 4) is 5.69 Å². The molecule has 1 heterocycles. The fourth-order valence-corrected chi connectivity index (χ4v) is 2.82. The van der Waals surface area contributed by atoms with Crippen LogP contribution in [0.4, 0.5) is 13.2 Å². The van der Waals surface area contributed by atoms with E-state index >= 15 is 0 Å². The number of aromatic nitrogens is 2. The van der Waals surface area contributed by atoms with E-state index in [0.717, 1.165) is 29.1 Å². The van der Waals surface area contributed by atoms with Gasteiger partial charge in [0.25, 0.3) is 0 Å². The van der Waals surface area contributed by atoms with Crippen molar-refractivity contribution in [3.63, 3.8) is 0 Å². The minimum absolute atomic E-state index is 0.455. The molecule has 2 aromatic rings. The zero-order valence-corrected chi connectivity index (χ0v) is 15.5. The summed E-state index contributed by atoms with van der Waals surface area (Å²) in [6.07, 6.45) is -1.13. The van der Waals surface area contributed by atoms with Crippen molar-refractivity contribution in [3.05, 3.63) is 46.8 Å². The van der Waals surface area contributed by atoms with Crippen molar-refractivity contribution in [1.82, 2.24) is 9.78 Å². The molecule has 0 aliphatic carbocycles. The average Bonchev–Trinajstić information content (AvgIpc) is 2.92. The first-order chi connectivity index (χ1) is 11.4. The Morgan fingerprint density at radius 2 is 1.72 bits per heavy atom. The van der Waals surface area contributed by atoms with Crippen molar-refractivity contribution in [1.29, 1.82) is 0 Å². The first kappa shape index (κ1) is 19.4. The Morgan fingerprint density at radius 3 is 2.16 bits per heavy atom. The molecule has 25 heavy (non-hydrogen) atoms. The van der Waals surface area contributed by atoms with Crippen LogP contribution in [0.2, 0.25) is 0 Å². The zero-order chi connectivity index (χ0) is 19.0. The lowest BCUT2D eigenvalue weighted by molar-refractivity contribution is -0.137. The standard InChI is InChI=1S/C17H20F3N3OS/c1-11-6-13(8-22-25(24)16(3,4)5)7-12(2)15(11)23-10-14(9-21-23)17(18,19)20/h6-10H,1-5H3/t25-/m0/s1. The topological polar surface area (TPSA) is 47.2 Å². The van der Waals surface area contributed by atoms with Crippen LogP contribution in [0.25, 0.3) is 5.69 Å². The van der Waals surface area contributed by atoms with E-state index < -0.39 is 27.5 Å². The second kappa shape index (κ2) is 6.74. The highest BCUT2D eigenvalue weighted by atomic mass is 32.2. The van der Waals surface area contributed by atoms with Gasteiger partial charge in [0.1, 0.15) is 11.0 Å². The summed E-state index contributed by atoms with van der Waals surface area (Å²) in [5.74, 6) is 0. The van der Waals surface area contributed by atoms with E-state index in [1.165, 1.54) is 10.9 Å². The number of halogens is 3. The van der Waals surface area contributed by atoms with Crippen molar-refractivity contribution in [2.75, 3.05) is 0 Å². The van der Waals surface area contributed by atoms with Gasteiger partial charge >= 0.3 is 6.18 Å². The van der Waals surface area contributed by atoms with Gasteiger partial charge in [-0.1, -0.05) is 0 Å². The molecule has 136 valence electrons. The average molecular weight is 371 g/mol. The van der Waals surface area contributed by atoms with Crippen LogP contribution in [0, 0.1) is 13.8 Å². The fraction of sp³-hybridized carbons (Fsp3) is 0.412. The van der Waals surface area contributed by atoms with E-state index in [0.29, 0.717) is 5.69 Å². The van der Waals surface area contributed by atoms with Gasteiger partial charge in [-0.15, -0.1) is 0 Å². The normalized spacial score (nSPS) is 14.2. The van der Waals surface area contributed by atoms with Gasteiger partial charge in [-0.2, -0.15) is 22.7 Å². The zero-order valence-electron chi connectivity index (χ0n) is 14.7. The van der Waals surface area contributed by atoms with E-state index in [9.17, 15) is 17.4 Å². The van der Waals surface area contributed by atoms with Crippen LogP contribution < -0.4 is 0 Å². The molecule has 0 aliphatic rings. The summed E-state index contributed by atoms with van der Waals surface area (Å²) in [5.41, 5.74) is 2.03. The second-order valence-corrected chi connectivity index (χ2v) is 8.70. The van der Waals surface area contributed by atoms with Gasteiger partial charge in [-0.05, 0) is 63.4 Å². The van der Waals surface area contributed by atoms with Gasteiger partial charge < -0.3 is 0 Å². The molecule has 4 nitrogen and oxygen atoms in total. The lowest BCUT2D eigenvalue weighted by Crippen LogP contribution is -2.19. The van der Waals surface area contributed by atoms with Gasteiger partial charge in [-0.3, -0.25) is 0 Å². The molecule has 0 radical (unpaired) electrons. The van der Waals surface area contributed by atoms with Crippen molar-refractivity contribution >= 4 is 17.2 Å². The van der Waals surface area contributed by atoms with E-state index in [-0.39, 0.29) is 0 Å². The van der Waals surface area contributed by atoms with E-state index in [1.807, 2.05) is 20.8 Å². The molecular weight excluding hydrogens is 351 g/mol. The predicted molar refractivity (Wildman–Crippen MR) is 93.5 cm³/mol. The van der Waals surface area contributed by atoms with Crippen LogP contribution >= 0.6 is 0 Å². The Hall–Kier alpha value is -1.96. The molecule has 0 N–H and O–H groups in total. The molecule has 0 saturated carbocycles. The number of benzene rings is 1. The van der Waals surface area contributed by atoms with Gasteiger partial charge in [0.05, 0.1) is 22.2 Å². The maximum atomic E-state index is 12.8. The van der Waals surface area contributed by atoms with Gasteiger partial charge in [0, 0.05) is 12.4 Å². The van der Waals surface area contributed by atoms with Gasteiger partial charge in [0.15, 0.2) is 0 Å². The summed E-state index contributed by atoms with van der Waals surface area (Å²) in [7, 11) is -1.37. The smallest absolute Gasteiger partial charge is 0.240 e. The fourth-order valence-electron chi connectivity index (χ4n) is 2.28.